The summed E-state index contributed by atoms with van der Waals surface area (Å²) < 4.78 is 14.6. The average Bonchev–Trinajstić information content (AvgIpc) is 2.92. The topological polar surface area (TPSA) is 63.5 Å². The normalized spacial score (nSPS) is 10.5. The molecule has 24 heavy (non-hydrogen) atoms. The zero-order valence-electron chi connectivity index (χ0n) is 12.8. The van der Waals surface area contributed by atoms with E-state index in [2.05, 4.69) is 22.5 Å². The van der Waals surface area contributed by atoms with Crippen LogP contribution in [0.1, 0.15) is 20.1 Å². The standard InChI is InChI=1S/C16H14BrFN2O3S/c1-3-6-19(9-11-7-12(17)4-5-13(11)18)16(21)15-8-14(20(22)23)10(2)24-15/h3-5,7-8H,1,6,9H2,2H3. The SMILES string of the molecule is C=CCN(Cc1cc(Br)ccc1F)C(=O)c1cc([N+](=O)[O-])c(C)s1. The van der Waals surface area contributed by atoms with Crippen LogP contribution in [0.15, 0.2) is 41.4 Å². The Kier molecular flexibility index (Phi) is 5.84. The van der Waals surface area contributed by atoms with Crippen molar-refractivity contribution in [3.8, 4) is 0 Å². The van der Waals surface area contributed by atoms with E-state index in [1.807, 2.05) is 0 Å². The number of nitrogens with zero attached hydrogens (tertiary/aromatic N) is 2. The summed E-state index contributed by atoms with van der Waals surface area (Å²) in [6, 6.07) is 5.75. The van der Waals surface area contributed by atoms with Crippen LogP contribution in [-0.2, 0) is 6.54 Å². The van der Waals surface area contributed by atoms with Gasteiger partial charge in [0, 0.05) is 29.2 Å². The van der Waals surface area contributed by atoms with Gasteiger partial charge in [0.1, 0.15) is 5.82 Å². The maximum Gasteiger partial charge on any atom is 0.283 e. The van der Waals surface area contributed by atoms with Crippen molar-refractivity contribution >= 4 is 38.9 Å². The van der Waals surface area contributed by atoms with Crippen LogP contribution in [0, 0.1) is 22.9 Å². The van der Waals surface area contributed by atoms with Gasteiger partial charge in [-0.1, -0.05) is 22.0 Å². The first kappa shape index (κ1) is 18.3. The monoisotopic (exact) mass is 412 g/mol. The van der Waals surface area contributed by atoms with Crippen LogP contribution < -0.4 is 0 Å². The molecule has 2 aromatic rings. The van der Waals surface area contributed by atoms with Gasteiger partial charge in [0.15, 0.2) is 0 Å². The van der Waals surface area contributed by atoms with Crippen LogP contribution in [0.4, 0.5) is 10.1 Å². The van der Waals surface area contributed by atoms with Gasteiger partial charge in [0.05, 0.1) is 14.7 Å². The number of hydrogen-bond acceptors (Lipinski definition) is 4. The maximum atomic E-state index is 13.9. The number of nitro groups is 1. The average molecular weight is 413 g/mol. The molecule has 0 N–H and O–H groups in total. The highest BCUT2D eigenvalue weighted by atomic mass is 79.9. The second kappa shape index (κ2) is 7.67. The lowest BCUT2D eigenvalue weighted by Gasteiger charge is -2.21. The fourth-order valence-electron chi connectivity index (χ4n) is 2.16. The molecule has 0 atom stereocenters. The van der Waals surface area contributed by atoms with Crippen LogP contribution in [0.25, 0.3) is 0 Å². The van der Waals surface area contributed by atoms with E-state index in [1.165, 1.54) is 23.1 Å². The summed E-state index contributed by atoms with van der Waals surface area (Å²) in [7, 11) is 0. The third-order valence-electron chi connectivity index (χ3n) is 3.30. The maximum absolute atomic E-state index is 13.9. The minimum absolute atomic E-state index is 0.0425. The molecule has 0 radical (unpaired) electrons. The number of carbonyl (C=O) groups excluding carboxylic acids is 1. The first-order valence-electron chi connectivity index (χ1n) is 6.92. The van der Waals surface area contributed by atoms with Gasteiger partial charge in [0.25, 0.3) is 11.6 Å². The summed E-state index contributed by atoms with van der Waals surface area (Å²) in [5.41, 5.74) is 0.262. The van der Waals surface area contributed by atoms with Crippen molar-refractivity contribution in [2.24, 2.45) is 0 Å². The van der Waals surface area contributed by atoms with Crippen LogP contribution in [0.5, 0.6) is 0 Å². The Labute approximate surface area is 150 Å². The fraction of sp³-hybridized carbons (Fsp3) is 0.188. The first-order chi connectivity index (χ1) is 11.3. The zero-order valence-corrected chi connectivity index (χ0v) is 15.2. The molecule has 1 amide bonds. The molecule has 0 aliphatic rings. The Balaban J connectivity index is 2.31. The number of thiophene rings is 1. The molecule has 0 aliphatic carbocycles. The number of rotatable bonds is 6. The number of halogens is 2. The van der Waals surface area contributed by atoms with Gasteiger partial charge in [-0.05, 0) is 25.1 Å². The second-order valence-electron chi connectivity index (χ2n) is 5.02. The van der Waals surface area contributed by atoms with E-state index in [0.717, 1.165) is 11.3 Å². The molecule has 126 valence electrons. The van der Waals surface area contributed by atoms with Crippen molar-refractivity contribution in [3.05, 3.63) is 72.6 Å². The minimum Gasteiger partial charge on any atom is -0.330 e. The quantitative estimate of drug-likeness (QED) is 0.392. The largest absolute Gasteiger partial charge is 0.330 e. The van der Waals surface area contributed by atoms with Crippen molar-refractivity contribution in [2.45, 2.75) is 13.5 Å². The molecular formula is C16H14BrFN2O3S. The number of amides is 1. The molecule has 1 aromatic heterocycles. The Hall–Kier alpha value is -2.06. The summed E-state index contributed by atoms with van der Waals surface area (Å²) >= 11 is 4.33. The van der Waals surface area contributed by atoms with Gasteiger partial charge in [0.2, 0.25) is 0 Å². The lowest BCUT2D eigenvalue weighted by Crippen LogP contribution is -2.30. The molecule has 0 fully saturated rings. The summed E-state index contributed by atoms with van der Waals surface area (Å²) in [6.07, 6.45) is 1.53. The molecule has 0 unspecified atom stereocenters. The highest BCUT2D eigenvalue weighted by molar-refractivity contribution is 9.10. The fourth-order valence-corrected chi connectivity index (χ4v) is 3.52. The Bertz CT molecular complexity index is 807. The summed E-state index contributed by atoms with van der Waals surface area (Å²) in [5.74, 6) is -0.816. The van der Waals surface area contributed by atoms with Gasteiger partial charge in [-0.2, -0.15) is 0 Å². The molecule has 2 rings (SSSR count). The molecule has 1 heterocycles. The van der Waals surface area contributed by atoms with E-state index in [0.29, 0.717) is 14.9 Å². The van der Waals surface area contributed by atoms with E-state index in [-0.39, 0.29) is 23.7 Å². The predicted octanol–water partition coefficient (Wildman–Crippen LogP) is 4.69. The van der Waals surface area contributed by atoms with Crippen LogP contribution in [0.2, 0.25) is 0 Å². The third kappa shape index (κ3) is 4.07. The van der Waals surface area contributed by atoms with Gasteiger partial charge in [-0.15, -0.1) is 17.9 Å². The van der Waals surface area contributed by atoms with Gasteiger partial charge in [-0.3, -0.25) is 14.9 Å². The Morgan fingerprint density at radius 3 is 2.79 bits per heavy atom. The third-order valence-corrected chi connectivity index (χ3v) is 4.83. The summed E-state index contributed by atoms with van der Waals surface area (Å²) in [6.45, 7) is 5.44. The van der Waals surface area contributed by atoms with Gasteiger partial charge < -0.3 is 4.90 Å². The molecule has 0 saturated heterocycles. The van der Waals surface area contributed by atoms with Crippen LogP contribution in [0.3, 0.4) is 0 Å². The highest BCUT2D eigenvalue weighted by Gasteiger charge is 2.23. The van der Waals surface area contributed by atoms with E-state index in [1.54, 1.807) is 19.1 Å². The lowest BCUT2D eigenvalue weighted by atomic mass is 10.2. The minimum atomic E-state index is -0.519. The summed E-state index contributed by atoms with van der Waals surface area (Å²) in [5, 5.41) is 10.9. The molecule has 0 saturated carbocycles. The molecule has 0 aliphatic heterocycles. The van der Waals surface area contributed by atoms with E-state index >= 15 is 0 Å². The molecular weight excluding hydrogens is 399 g/mol. The van der Waals surface area contributed by atoms with Crippen molar-refractivity contribution in [1.29, 1.82) is 0 Å². The second-order valence-corrected chi connectivity index (χ2v) is 7.19. The van der Waals surface area contributed by atoms with Crippen molar-refractivity contribution in [2.75, 3.05) is 6.54 Å². The molecule has 0 spiro atoms. The number of carbonyl (C=O) groups is 1. The molecule has 0 bridgehead atoms. The number of benzene rings is 1. The smallest absolute Gasteiger partial charge is 0.283 e. The van der Waals surface area contributed by atoms with Gasteiger partial charge >= 0.3 is 0 Å². The van der Waals surface area contributed by atoms with Gasteiger partial charge in [-0.25, -0.2) is 4.39 Å². The Morgan fingerprint density at radius 1 is 1.50 bits per heavy atom. The summed E-state index contributed by atoms with van der Waals surface area (Å²) in [4.78, 5) is 25.2. The van der Waals surface area contributed by atoms with Crippen molar-refractivity contribution < 1.29 is 14.1 Å². The first-order valence-corrected chi connectivity index (χ1v) is 8.53. The van der Waals surface area contributed by atoms with Crippen molar-refractivity contribution in [3.63, 3.8) is 0 Å². The lowest BCUT2D eigenvalue weighted by molar-refractivity contribution is -0.385. The van der Waals surface area contributed by atoms with Crippen LogP contribution in [-0.4, -0.2) is 22.3 Å². The Morgan fingerprint density at radius 2 is 2.21 bits per heavy atom. The zero-order chi connectivity index (χ0) is 17.9. The number of hydrogen-bond donors (Lipinski definition) is 0. The van der Waals surface area contributed by atoms with E-state index in [4.69, 9.17) is 0 Å². The molecule has 8 heteroatoms. The highest BCUT2D eigenvalue weighted by Crippen LogP contribution is 2.29. The number of aryl methyl sites for hydroxylation is 1. The molecule has 1 aromatic carbocycles. The van der Waals surface area contributed by atoms with Crippen molar-refractivity contribution in [1.82, 2.24) is 4.90 Å². The van der Waals surface area contributed by atoms with E-state index in [9.17, 15) is 19.3 Å². The van der Waals surface area contributed by atoms with Crippen LogP contribution >= 0.6 is 27.3 Å². The molecule has 5 nitrogen and oxygen atoms in total. The van der Waals surface area contributed by atoms with E-state index < -0.39 is 16.6 Å². The predicted molar refractivity (Wildman–Crippen MR) is 94.7 cm³/mol.